The van der Waals surface area contributed by atoms with Gasteiger partial charge in [0.15, 0.2) is 0 Å². The minimum Gasteiger partial charge on any atom is -0.383 e. The van der Waals surface area contributed by atoms with E-state index in [1.165, 1.54) is 4.31 Å². The molecule has 3 heterocycles. The van der Waals surface area contributed by atoms with Crippen molar-refractivity contribution >= 4 is 21.9 Å². The van der Waals surface area contributed by atoms with Crippen LogP contribution >= 0.6 is 0 Å². The van der Waals surface area contributed by atoms with Gasteiger partial charge in [0.2, 0.25) is 0 Å². The highest BCUT2D eigenvalue weighted by atomic mass is 32.2. The van der Waals surface area contributed by atoms with E-state index in [4.69, 9.17) is 10.5 Å². The number of nitrogen functional groups attached to an aromatic ring is 1. The van der Waals surface area contributed by atoms with Crippen molar-refractivity contribution < 1.29 is 17.9 Å². The average Bonchev–Trinajstić information content (AvgIpc) is 3.27. The van der Waals surface area contributed by atoms with Crippen LogP contribution in [0.3, 0.4) is 0 Å². The van der Waals surface area contributed by atoms with Gasteiger partial charge in [-0.25, -0.2) is 4.98 Å². The number of rotatable bonds is 5. The number of piperidine rings is 1. The summed E-state index contributed by atoms with van der Waals surface area (Å²) in [5, 5.41) is 3.04. The molecule has 1 aliphatic carbocycles. The van der Waals surface area contributed by atoms with Crippen LogP contribution in [0.2, 0.25) is 0 Å². The number of nitrogens with two attached hydrogens (primary N) is 1. The number of ether oxygens (including phenoxy) is 1. The predicted molar refractivity (Wildman–Crippen MR) is 113 cm³/mol. The maximum absolute atomic E-state index is 12.8. The van der Waals surface area contributed by atoms with Crippen molar-refractivity contribution in [2.45, 2.75) is 50.5 Å². The standard InChI is InChI=1S/C20H31N5O4S/c21-19-17(20(26)22-16-3-1-2-4-16)5-6-18(23-19)15-7-9-24(10-8-15)30(27,28)25-11-13-29-14-12-25/h5-6,15-16H,1-4,7-14H2,(H2,21,23)(H,22,26). The molecule has 0 unspecified atom stereocenters. The SMILES string of the molecule is Nc1nc(C2CCN(S(=O)(=O)N3CCOCC3)CC2)ccc1C(=O)NC1CCCC1. The Balaban J connectivity index is 1.36. The fraction of sp³-hybridized carbons (Fsp3) is 0.700. The number of pyridine rings is 1. The van der Waals surface area contributed by atoms with Crippen molar-refractivity contribution in [2.75, 3.05) is 45.1 Å². The summed E-state index contributed by atoms with van der Waals surface area (Å²) in [7, 11) is -3.44. The Hall–Kier alpha value is -1.75. The summed E-state index contributed by atoms with van der Waals surface area (Å²) in [5.74, 6) is 0.214. The minimum atomic E-state index is -3.44. The van der Waals surface area contributed by atoms with Gasteiger partial charge in [-0.2, -0.15) is 17.0 Å². The monoisotopic (exact) mass is 437 g/mol. The molecule has 0 radical (unpaired) electrons. The van der Waals surface area contributed by atoms with Gasteiger partial charge in [-0.05, 0) is 37.8 Å². The van der Waals surface area contributed by atoms with Crippen LogP contribution in [0.5, 0.6) is 0 Å². The smallest absolute Gasteiger partial charge is 0.282 e. The summed E-state index contributed by atoms with van der Waals surface area (Å²) < 4.78 is 34.0. The van der Waals surface area contributed by atoms with Crippen LogP contribution in [0.15, 0.2) is 12.1 Å². The van der Waals surface area contributed by atoms with Crippen LogP contribution in [0, 0.1) is 0 Å². The van der Waals surface area contributed by atoms with E-state index in [1.54, 1.807) is 10.4 Å². The second-order valence-corrected chi connectivity index (χ2v) is 10.2. The lowest BCUT2D eigenvalue weighted by molar-refractivity contribution is 0.0696. The molecule has 3 fully saturated rings. The summed E-state index contributed by atoms with van der Waals surface area (Å²) in [4.78, 5) is 17.0. The van der Waals surface area contributed by atoms with E-state index in [1.807, 2.05) is 6.07 Å². The molecule has 3 N–H and O–H groups in total. The number of hydrogen-bond donors (Lipinski definition) is 2. The zero-order valence-corrected chi connectivity index (χ0v) is 18.1. The van der Waals surface area contributed by atoms with Gasteiger partial charge in [-0.3, -0.25) is 4.79 Å². The third-order valence-corrected chi connectivity index (χ3v) is 8.41. The van der Waals surface area contributed by atoms with Crippen LogP contribution in [0.25, 0.3) is 0 Å². The topological polar surface area (TPSA) is 118 Å². The minimum absolute atomic E-state index is 0.135. The maximum Gasteiger partial charge on any atom is 0.282 e. The van der Waals surface area contributed by atoms with Gasteiger partial charge >= 0.3 is 0 Å². The van der Waals surface area contributed by atoms with E-state index in [0.29, 0.717) is 57.8 Å². The molecule has 9 nitrogen and oxygen atoms in total. The van der Waals surface area contributed by atoms with Gasteiger partial charge < -0.3 is 15.8 Å². The first-order valence-corrected chi connectivity index (χ1v) is 12.2. The largest absolute Gasteiger partial charge is 0.383 e. The Bertz CT molecular complexity index is 858. The van der Waals surface area contributed by atoms with Gasteiger partial charge in [-0.1, -0.05) is 12.8 Å². The lowest BCUT2D eigenvalue weighted by Gasteiger charge is -2.36. The van der Waals surface area contributed by atoms with E-state index in [-0.39, 0.29) is 23.7 Å². The molecule has 1 aromatic heterocycles. The second-order valence-electron chi connectivity index (χ2n) is 8.32. The number of hydrogen-bond acceptors (Lipinski definition) is 6. The van der Waals surface area contributed by atoms with Crippen molar-refractivity contribution in [1.82, 2.24) is 18.9 Å². The Morgan fingerprint density at radius 1 is 1.03 bits per heavy atom. The molecule has 2 aliphatic heterocycles. The van der Waals surface area contributed by atoms with Gasteiger partial charge in [0, 0.05) is 43.8 Å². The number of nitrogens with one attached hydrogen (secondary N) is 1. The van der Waals surface area contributed by atoms with Crippen LogP contribution in [-0.2, 0) is 14.9 Å². The molecule has 30 heavy (non-hydrogen) atoms. The van der Waals surface area contributed by atoms with E-state index in [0.717, 1.165) is 31.4 Å². The Kier molecular flexibility index (Phi) is 6.57. The third kappa shape index (κ3) is 4.61. The van der Waals surface area contributed by atoms with Crippen LogP contribution in [0.4, 0.5) is 5.82 Å². The average molecular weight is 438 g/mol. The van der Waals surface area contributed by atoms with Crippen molar-refractivity contribution in [3.63, 3.8) is 0 Å². The zero-order valence-electron chi connectivity index (χ0n) is 17.3. The Morgan fingerprint density at radius 3 is 2.30 bits per heavy atom. The molecule has 2 saturated heterocycles. The fourth-order valence-corrected chi connectivity index (χ4v) is 6.18. The van der Waals surface area contributed by atoms with Gasteiger partial charge in [0.25, 0.3) is 16.1 Å². The number of nitrogens with zero attached hydrogens (tertiary/aromatic N) is 3. The number of amides is 1. The lowest BCUT2D eigenvalue weighted by atomic mass is 9.93. The molecule has 3 aliphatic rings. The molecule has 10 heteroatoms. The van der Waals surface area contributed by atoms with Gasteiger partial charge in [-0.15, -0.1) is 0 Å². The summed E-state index contributed by atoms with van der Waals surface area (Å²) >= 11 is 0. The normalized spacial score (nSPS) is 22.9. The molecule has 0 atom stereocenters. The van der Waals surface area contributed by atoms with Gasteiger partial charge in [0.1, 0.15) is 5.82 Å². The Labute approximate surface area is 178 Å². The summed E-state index contributed by atoms with van der Waals surface area (Å²) in [6, 6.07) is 3.84. The number of carbonyl (C=O) groups is 1. The highest BCUT2D eigenvalue weighted by Crippen LogP contribution is 2.30. The van der Waals surface area contributed by atoms with Crippen molar-refractivity contribution in [1.29, 1.82) is 0 Å². The molecule has 0 spiro atoms. The molecule has 1 aromatic rings. The second kappa shape index (κ2) is 9.17. The fourth-order valence-electron chi connectivity index (χ4n) is 4.57. The van der Waals surface area contributed by atoms with E-state index >= 15 is 0 Å². The lowest BCUT2D eigenvalue weighted by Crippen LogP contribution is -2.50. The summed E-state index contributed by atoms with van der Waals surface area (Å²) in [6.07, 6.45) is 5.70. The summed E-state index contributed by atoms with van der Waals surface area (Å²) in [6.45, 7) is 2.61. The van der Waals surface area contributed by atoms with Crippen LogP contribution < -0.4 is 11.1 Å². The molecule has 0 bridgehead atoms. The van der Waals surface area contributed by atoms with E-state index < -0.39 is 10.2 Å². The number of aromatic nitrogens is 1. The highest BCUT2D eigenvalue weighted by Gasteiger charge is 2.34. The molecule has 1 saturated carbocycles. The van der Waals surface area contributed by atoms with Crippen molar-refractivity contribution in [2.24, 2.45) is 0 Å². The first-order chi connectivity index (χ1) is 14.4. The van der Waals surface area contributed by atoms with E-state index in [9.17, 15) is 13.2 Å². The number of carbonyl (C=O) groups excluding carboxylic acids is 1. The maximum atomic E-state index is 12.8. The Morgan fingerprint density at radius 2 is 1.67 bits per heavy atom. The number of morpholine rings is 1. The molecular formula is C20H31N5O4S. The predicted octanol–water partition coefficient (Wildman–Crippen LogP) is 1.09. The molecule has 166 valence electrons. The molecule has 4 rings (SSSR count). The highest BCUT2D eigenvalue weighted by molar-refractivity contribution is 7.86. The molecular weight excluding hydrogens is 406 g/mol. The van der Waals surface area contributed by atoms with Crippen molar-refractivity contribution in [3.8, 4) is 0 Å². The van der Waals surface area contributed by atoms with Crippen LogP contribution in [-0.4, -0.2) is 73.4 Å². The first kappa shape index (κ1) is 21.5. The zero-order chi connectivity index (χ0) is 21.1. The van der Waals surface area contributed by atoms with Crippen molar-refractivity contribution in [3.05, 3.63) is 23.4 Å². The summed E-state index contributed by atoms with van der Waals surface area (Å²) in [5.41, 5.74) is 7.34. The van der Waals surface area contributed by atoms with Gasteiger partial charge in [0.05, 0.1) is 18.8 Å². The molecule has 1 amide bonds. The third-order valence-electron chi connectivity index (χ3n) is 6.38. The van der Waals surface area contributed by atoms with E-state index in [2.05, 4.69) is 10.3 Å². The first-order valence-electron chi connectivity index (χ1n) is 10.9. The van der Waals surface area contributed by atoms with Crippen LogP contribution in [0.1, 0.15) is 60.5 Å². The quantitative estimate of drug-likeness (QED) is 0.712. The molecule has 0 aromatic carbocycles. The number of anilines is 1.